The maximum absolute atomic E-state index is 7.09. The van der Waals surface area contributed by atoms with Crippen LogP contribution in [0.4, 0.5) is 17.1 Å². The van der Waals surface area contributed by atoms with Gasteiger partial charge in [0.25, 0.3) is 6.71 Å². The predicted octanol–water partition coefficient (Wildman–Crippen LogP) is 11.7. The highest BCUT2D eigenvalue weighted by Crippen LogP contribution is 2.51. The monoisotopic (exact) mass is 839 g/mol. The highest BCUT2D eigenvalue weighted by molar-refractivity contribution is 8.01. The highest BCUT2D eigenvalue weighted by atomic mass is 32.2. The molecule has 6 heteroatoms. The lowest BCUT2D eigenvalue weighted by molar-refractivity contribution is 0.488. The van der Waals surface area contributed by atoms with Gasteiger partial charge in [-0.2, -0.15) is 0 Å². The molecule has 4 aliphatic rings. The van der Waals surface area contributed by atoms with Crippen molar-refractivity contribution in [2.45, 2.75) is 39.3 Å². The summed E-state index contributed by atoms with van der Waals surface area (Å²) >= 11 is 3.90. The molecular weight excluding hydrogens is 800 g/mol. The van der Waals surface area contributed by atoms with E-state index in [0.29, 0.717) is 5.92 Å². The van der Waals surface area contributed by atoms with E-state index in [2.05, 4.69) is 213 Å². The van der Waals surface area contributed by atoms with Crippen molar-refractivity contribution in [2.24, 2.45) is 0 Å². The summed E-state index contributed by atoms with van der Waals surface area (Å²) in [6, 6.07) is 72.1. The van der Waals surface area contributed by atoms with Gasteiger partial charge in [-0.15, -0.1) is 0 Å². The van der Waals surface area contributed by atoms with Gasteiger partial charge in [0.1, 0.15) is 11.5 Å². The Labute approximate surface area is 378 Å². The van der Waals surface area contributed by atoms with E-state index < -0.39 is 0 Å². The Morgan fingerprint density at radius 3 is 1.68 bits per heavy atom. The van der Waals surface area contributed by atoms with E-state index in [9.17, 15) is 0 Å². The molecule has 0 saturated carbocycles. The van der Waals surface area contributed by atoms with Crippen LogP contribution in [0.2, 0.25) is 0 Å². The summed E-state index contributed by atoms with van der Waals surface area (Å²) < 4.78 is 7.09. The average Bonchev–Trinajstić information content (AvgIpc) is 3.33. The van der Waals surface area contributed by atoms with Gasteiger partial charge >= 0.3 is 0 Å². The Hall–Kier alpha value is -6.59. The van der Waals surface area contributed by atoms with Crippen LogP contribution in [0, 0.1) is 0 Å². The summed E-state index contributed by atoms with van der Waals surface area (Å²) in [6.07, 6.45) is 0. The standard InChI is InChI=1S/C57H39B2NOS2/c1-35(2)39-31-53-56-54(32-39)63-52-34-47-45(33-46(52)59(56)44-26-13-15-28-51(44)62-53)58-43-25-12-14-27-49(43)61-50-30-40(36-17-6-3-7-18-36)29-48(55(50)58)60(47)57-41(37-19-8-4-9-20-37)23-16-24-42(57)38-21-10-5-11-22-38/h3-35H,1-2H3. The van der Waals surface area contributed by atoms with Crippen molar-refractivity contribution in [1.82, 2.24) is 0 Å². The van der Waals surface area contributed by atoms with E-state index in [1.54, 1.807) is 0 Å². The van der Waals surface area contributed by atoms with Gasteiger partial charge in [0.05, 0.1) is 5.69 Å². The minimum atomic E-state index is -0.0484. The second-order valence-corrected chi connectivity index (χ2v) is 19.5. The Bertz CT molecular complexity index is 3260. The molecule has 0 saturated heterocycles. The SMILES string of the molecule is CC(C)c1cc2c3c(c1)Sc1cc4c(cc1B3c1ccccc1S2)B1c2ccccc2Oc2cc(-c3ccccc3)cc(c21)N4c1c(-c2ccccc2)cccc1-c1ccccc1. The summed E-state index contributed by atoms with van der Waals surface area (Å²) in [7, 11) is 0. The van der Waals surface area contributed by atoms with E-state index in [-0.39, 0.29) is 13.4 Å². The lowest BCUT2D eigenvalue weighted by atomic mass is 9.31. The number of ether oxygens (including phenoxy) is 1. The largest absolute Gasteiger partial charge is 0.458 e. The topological polar surface area (TPSA) is 12.5 Å². The van der Waals surface area contributed by atoms with Gasteiger partial charge in [0, 0.05) is 42.1 Å². The number of anilines is 3. The normalized spacial score (nSPS) is 13.6. The third-order valence-corrected chi connectivity index (χ3v) is 15.7. The first-order valence-electron chi connectivity index (χ1n) is 21.9. The van der Waals surface area contributed by atoms with E-state index >= 15 is 0 Å². The molecule has 296 valence electrons. The van der Waals surface area contributed by atoms with E-state index in [1.807, 2.05) is 23.5 Å². The van der Waals surface area contributed by atoms with E-state index in [4.69, 9.17) is 4.74 Å². The van der Waals surface area contributed by atoms with Crippen molar-refractivity contribution in [2.75, 3.05) is 4.90 Å². The molecule has 63 heavy (non-hydrogen) atoms. The fraction of sp³-hybridized carbons (Fsp3) is 0.0526. The van der Waals surface area contributed by atoms with Crippen molar-refractivity contribution in [1.29, 1.82) is 0 Å². The Balaban J connectivity index is 1.16. The molecule has 4 heterocycles. The molecule has 0 spiro atoms. The first-order chi connectivity index (χ1) is 31.1. The van der Waals surface area contributed by atoms with Crippen molar-refractivity contribution in [3.8, 4) is 44.9 Å². The average molecular weight is 840 g/mol. The van der Waals surface area contributed by atoms with Crippen LogP contribution in [0.1, 0.15) is 25.3 Å². The van der Waals surface area contributed by atoms with Crippen LogP contribution >= 0.6 is 23.5 Å². The van der Waals surface area contributed by atoms with Crippen molar-refractivity contribution in [3.63, 3.8) is 0 Å². The third kappa shape index (κ3) is 5.78. The lowest BCUT2D eigenvalue weighted by Gasteiger charge is -2.43. The summed E-state index contributed by atoms with van der Waals surface area (Å²) in [4.78, 5) is 8.03. The van der Waals surface area contributed by atoms with Gasteiger partial charge in [-0.05, 0) is 98.1 Å². The van der Waals surface area contributed by atoms with Gasteiger partial charge < -0.3 is 9.64 Å². The molecular formula is C57H39B2NOS2. The second-order valence-electron chi connectivity index (χ2n) is 17.3. The van der Waals surface area contributed by atoms with Gasteiger partial charge in [-0.25, -0.2) is 0 Å². The molecule has 0 bridgehead atoms. The molecule has 4 aliphatic heterocycles. The summed E-state index contributed by atoms with van der Waals surface area (Å²) in [6.45, 7) is 4.71. The number of rotatable bonds is 5. The molecule has 0 N–H and O–H groups in total. The zero-order chi connectivity index (χ0) is 41.8. The molecule has 9 aromatic rings. The van der Waals surface area contributed by atoms with Crippen LogP contribution in [0.25, 0.3) is 33.4 Å². The van der Waals surface area contributed by atoms with Gasteiger partial charge in [0.2, 0.25) is 6.71 Å². The zero-order valence-corrected chi connectivity index (χ0v) is 36.5. The second kappa shape index (κ2) is 14.5. The van der Waals surface area contributed by atoms with E-state index in [1.165, 1.54) is 85.9 Å². The van der Waals surface area contributed by atoms with Gasteiger partial charge in [-0.1, -0.05) is 200 Å². The molecule has 13 rings (SSSR count). The number of nitrogens with zero attached hydrogens (tertiary/aromatic N) is 1. The first-order valence-corrected chi connectivity index (χ1v) is 23.5. The Morgan fingerprint density at radius 2 is 1.00 bits per heavy atom. The lowest BCUT2D eigenvalue weighted by Crippen LogP contribution is -2.63. The van der Waals surface area contributed by atoms with Crippen LogP contribution in [0.15, 0.2) is 214 Å². The minimum Gasteiger partial charge on any atom is -0.458 e. The highest BCUT2D eigenvalue weighted by Gasteiger charge is 2.46. The molecule has 0 aromatic heterocycles. The molecule has 0 amide bonds. The van der Waals surface area contributed by atoms with Gasteiger partial charge in [-0.3, -0.25) is 0 Å². The predicted molar refractivity (Wildman–Crippen MR) is 268 cm³/mol. The van der Waals surface area contributed by atoms with Gasteiger partial charge in [0.15, 0.2) is 0 Å². The molecule has 0 aliphatic carbocycles. The van der Waals surface area contributed by atoms with Crippen molar-refractivity contribution in [3.05, 3.63) is 200 Å². The molecule has 9 aromatic carbocycles. The summed E-state index contributed by atoms with van der Waals surface area (Å²) in [5.41, 5.74) is 19.8. The fourth-order valence-corrected chi connectivity index (χ4v) is 13.0. The molecule has 0 radical (unpaired) electrons. The summed E-state index contributed by atoms with van der Waals surface area (Å²) in [5.74, 6) is 2.25. The third-order valence-electron chi connectivity index (χ3n) is 13.4. The minimum absolute atomic E-state index is 0.0484. The number of benzene rings is 9. The molecule has 0 unspecified atom stereocenters. The Kier molecular flexibility index (Phi) is 8.51. The molecule has 2 nitrogen and oxygen atoms in total. The quantitative estimate of drug-likeness (QED) is 0.160. The molecule has 0 atom stereocenters. The summed E-state index contributed by atoms with van der Waals surface area (Å²) in [5, 5.41) is 0. The zero-order valence-electron chi connectivity index (χ0n) is 34.9. The molecule has 0 fully saturated rings. The fourth-order valence-electron chi connectivity index (χ4n) is 10.5. The first kappa shape index (κ1) is 37.0. The number of fused-ring (bicyclic) bond motifs is 8. The maximum Gasteiger partial charge on any atom is 0.256 e. The van der Waals surface area contributed by atoms with Crippen molar-refractivity contribution < 1.29 is 4.74 Å². The van der Waals surface area contributed by atoms with E-state index in [0.717, 1.165) is 34.0 Å². The van der Waals surface area contributed by atoms with Crippen LogP contribution in [-0.4, -0.2) is 13.4 Å². The van der Waals surface area contributed by atoms with Crippen LogP contribution in [0.3, 0.4) is 0 Å². The van der Waals surface area contributed by atoms with Crippen LogP contribution < -0.4 is 42.4 Å². The van der Waals surface area contributed by atoms with Crippen LogP contribution in [0.5, 0.6) is 11.5 Å². The van der Waals surface area contributed by atoms with Crippen LogP contribution in [-0.2, 0) is 0 Å². The number of hydrogen-bond donors (Lipinski definition) is 0. The maximum atomic E-state index is 7.09. The van der Waals surface area contributed by atoms with Crippen molar-refractivity contribution >= 4 is 86.8 Å². The number of hydrogen-bond acceptors (Lipinski definition) is 4. The smallest absolute Gasteiger partial charge is 0.256 e. The Morgan fingerprint density at radius 1 is 0.413 bits per heavy atom. The number of para-hydroxylation sites is 2.